The molecule has 438 valence electrons. The fourth-order valence-corrected chi connectivity index (χ4v) is 12.2. The molecule has 1 aromatic carbocycles. The number of thiophene rings is 1. The van der Waals surface area contributed by atoms with Gasteiger partial charge in [0.15, 0.2) is 24.7 Å². The molecular weight excluding hydrogens is 1030 g/mol. The van der Waals surface area contributed by atoms with Crippen molar-refractivity contribution in [3.8, 4) is 0 Å². The number of aliphatic hydroxyl groups excluding tert-OH is 4. The molecule has 4 aliphatic rings. The van der Waals surface area contributed by atoms with Gasteiger partial charge in [0.1, 0.15) is 42.7 Å². The van der Waals surface area contributed by atoms with Gasteiger partial charge >= 0.3 is 5.97 Å². The van der Waals surface area contributed by atoms with Gasteiger partial charge in [-0.05, 0) is 85.7 Å². The third-order valence-electron chi connectivity index (χ3n) is 15.8. The molecule has 0 bridgehead atoms. The number of ether oxygens (including phenoxy) is 9. The summed E-state index contributed by atoms with van der Waals surface area (Å²) in [5.74, 6) is -4.37. The van der Waals surface area contributed by atoms with Gasteiger partial charge in [-0.25, -0.2) is 0 Å². The average Bonchev–Trinajstić information content (AvgIpc) is 3.83. The summed E-state index contributed by atoms with van der Waals surface area (Å²) in [6.45, 7) is 14.0. The summed E-state index contributed by atoms with van der Waals surface area (Å²) in [5.41, 5.74) is 7.08. The molecule has 4 aliphatic heterocycles. The van der Waals surface area contributed by atoms with Crippen LogP contribution in [0.1, 0.15) is 108 Å². The number of anilines is 1. The maximum absolute atomic E-state index is 14.4. The number of cyclic esters (lactones) is 1. The number of carbonyl (C=O) groups excluding carboxylic acids is 3. The lowest BCUT2D eigenvalue weighted by Gasteiger charge is -2.50. The second-order valence-electron chi connectivity index (χ2n) is 22.1. The van der Waals surface area contributed by atoms with E-state index in [1.54, 1.807) is 65.8 Å². The van der Waals surface area contributed by atoms with E-state index >= 15 is 0 Å². The normalized spacial score (nSPS) is 39.7. The van der Waals surface area contributed by atoms with Crippen LogP contribution in [-0.4, -0.2) is 193 Å². The van der Waals surface area contributed by atoms with E-state index in [0.717, 1.165) is 16.9 Å². The number of nitrogens with one attached hydrogen (secondary N) is 1. The first kappa shape index (κ1) is 63.4. The fraction of sp³-hybridized carbons (Fsp3) is 0.702. The fourth-order valence-electron chi connectivity index (χ4n) is 11.1. The Morgan fingerprint density at radius 1 is 0.885 bits per heavy atom. The minimum absolute atomic E-state index is 0.0304. The Hall–Kier alpha value is -3.75. The van der Waals surface area contributed by atoms with Crippen molar-refractivity contribution >= 4 is 34.0 Å². The van der Waals surface area contributed by atoms with Crippen LogP contribution >= 0.6 is 11.3 Å². The van der Waals surface area contributed by atoms with Crippen LogP contribution in [0.2, 0.25) is 0 Å². The zero-order chi connectivity index (χ0) is 57.3. The summed E-state index contributed by atoms with van der Waals surface area (Å²) in [6, 6.07) is 10.6. The van der Waals surface area contributed by atoms with Gasteiger partial charge < -0.3 is 84.1 Å². The van der Waals surface area contributed by atoms with Crippen LogP contribution in [0.25, 0.3) is 0 Å². The van der Waals surface area contributed by atoms with Gasteiger partial charge in [0.05, 0.1) is 65.8 Å². The number of likely N-dealkylation sites (N-methyl/N-ethyl adjacent to an activating group) is 1. The van der Waals surface area contributed by atoms with Crippen molar-refractivity contribution in [2.75, 3.05) is 47.2 Å². The minimum atomic E-state index is -1.52. The molecule has 0 unspecified atom stereocenters. The number of methoxy groups -OCH3 is 2. The number of nitrogen functional groups attached to an aromatic ring is 1. The van der Waals surface area contributed by atoms with Gasteiger partial charge in [-0.2, -0.15) is 0 Å². The molecule has 1 aromatic heterocycles. The number of nitrogens with two attached hydrogens (primary N) is 1. The molecule has 0 radical (unpaired) electrons. The smallest absolute Gasteiger partial charge is 0.308 e. The Bertz CT molecular complexity index is 2320. The molecule has 78 heavy (non-hydrogen) atoms. The van der Waals surface area contributed by atoms with Crippen molar-refractivity contribution in [3.05, 3.63) is 76.2 Å². The van der Waals surface area contributed by atoms with Gasteiger partial charge in [-0.15, -0.1) is 11.3 Å². The number of hydrogen-bond donors (Lipinski definition) is 7. The molecule has 5 heterocycles. The number of benzene rings is 1. The van der Waals surface area contributed by atoms with E-state index in [9.17, 15) is 39.9 Å². The van der Waals surface area contributed by atoms with Crippen molar-refractivity contribution < 1.29 is 82.5 Å². The van der Waals surface area contributed by atoms with Gasteiger partial charge in [0, 0.05) is 55.7 Å². The standard InChI is InChI=1S/C57H87N3O17S/c1-13-41-36(28-71-56-51(70-12)50(69-11)46(64)32(5)73-56)23-29(2)19-20-39(61)30(3)24-37(42-25-38(53(58)78-42)54(67)59-22-21-35-17-15-14-16-18-35)48(31(4)40(62)26-43(63)75-41)77-55-47(65)45(60(9)10)49(33(6)74-55)76-44-27-57(8,68)52(66)34(7)72-44/h14-20,23,25,30-34,36-37,40-41,44-52,55-56,62,64-66,68H,13,21-22,24,26-28,58H2,1-12H3,(H,59,67)/b20-19+,29-23+/t30-,31+,32-,33-,34+,36-,37-,40-,41-,44+,45-,46-,47-,48-,49-,50-,51-,52+,55+,56-,57-/m1/s1. The van der Waals surface area contributed by atoms with Crippen LogP contribution in [-0.2, 0) is 58.6 Å². The number of ketones is 1. The molecule has 0 aliphatic carbocycles. The molecule has 3 saturated heterocycles. The molecule has 21 heteroatoms. The Balaban J connectivity index is 1.35. The van der Waals surface area contributed by atoms with E-state index in [0.29, 0.717) is 29.8 Å². The summed E-state index contributed by atoms with van der Waals surface area (Å²) in [6.07, 6.45) is -9.32. The SMILES string of the molecule is CC[C@H]1OC(=O)C[C@@H](O)[C@H](C)[C@@H](O[C@@H]2O[C@H](C)[C@@H](O[C@H]3C[C@@](C)(O)[C@@H](O)[C@H](C)O3)[C@H](N(C)C)[C@H]2O)[C@@H](c2cc(C(=O)NCCc3ccccc3)c(N)s2)C[C@@H](C)C(=O)/C=C/C(C)=C/[C@@H]1CO[C@@H]1O[C@H](C)[C@@H](O)[C@@H](OC)[C@H]1OC. The Morgan fingerprint density at radius 3 is 2.21 bits per heavy atom. The Labute approximate surface area is 463 Å². The Kier molecular flexibility index (Phi) is 23.0. The van der Waals surface area contributed by atoms with E-state index in [1.165, 1.54) is 27.2 Å². The largest absolute Gasteiger partial charge is 0.462 e. The van der Waals surface area contributed by atoms with Crippen LogP contribution < -0.4 is 11.1 Å². The van der Waals surface area contributed by atoms with Crippen molar-refractivity contribution in [2.24, 2.45) is 17.8 Å². The average molecular weight is 1120 g/mol. The first-order chi connectivity index (χ1) is 36.9. The second-order valence-corrected chi connectivity index (χ2v) is 23.2. The minimum Gasteiger partial charge on any atom is -0.462 e. The maximum Gasteiger partial charge on any atom is 0.308 e. The summed E-state index contributed by atoms with van der Waals surface area (Å²) < 4.78 is 55.8. The zero-order valence-corrected chi connectivity index (χ0v) is 48.1. The van der Waals surface area contributed by atoms with Crippen LogP contribution in [0.3, 0.4) is 0 Å². The highest BCUT2D eigenvalue weighted by Gasteiger charge is 2.52. The molecular formula is C57H87N3O17S. The molecule has 8 N–H and O–H groups in total. The van der Waals surface area contributed by atoms with Crippen LogP contribution in [0.15, 0.2) is 60.2 Å². The number of esters is 1. The van der Waals surface area contributed by atoms with Crippen molar-refractivity contribution in [3.63, 3.8) is 0 Å². The van der Waals surface area contributed by atoms with E-state index in [-0.39, 0.29) is 35.8 Å². The third kappa shape index (κ3) is 15.6. The predicted molar refractivity (Wildman–Crippen MR) is 290 cm³/mol. The first-order valence-corrected chi connectivity index (χ1v) is 28.1. The number of carbonyl (C=O) groups is 3. The van der Waals surface area contributed by atoms with E-state index in [2.05, 4.69) is 5.32 Å². The Morgan fingerprint density at radius 2 is 1.56 bits per heavy atom. The predicted octanol–water partition coefficient (Wildman–Crippen LogP) is 4.03. The molecule has 0 spiro atoms. The monoisotopic (exact) mass is 1120 g/mol. The van der Waals surface area contributed by atoms with Gasteiger partial charge in [-0.3, -0.25) is 14.4 Å². The molecule has 0 saturated carbocycles. The zero-order valence-electron chi connectivity index (χ0n) is 47.3. The van der Waals surface area contributed by atoms with Gasteiger partial charge in [0.25, 0.3) is 5.91 Å². The molecule has 1 amide bonds. The number of nitrogens with zero attached hydrogens (tertiary/aromatic N) is 1. The van der Waals surface area contributed by atoms with Crippen LogP contribution in [0, 0.1) is 17.8 Å². The summed E-state index contributed by atoms with van der Waals surface area (Å²) in [4.78, 5) is 44.8. The van der Waals surface area contributed by atoms with Crippen molar-refractivity contribution in [1.82, 2.24) is 10.2 Å². The molecule has 21 atom stereocenters. The number of amides is 1. The van der Waals surface area contributed by atoms with Crippen LogP contribution in [0.4, 0.5) is 5.00 Å². The number of hydrogen-bond acceptors (Lipinski definition) is 20. The molecule has 20 nitrogen and oxygen atoms in total. The first-order valence-electron chi connectivity index (χ1n) is 27.3. The lowest BCUT2D eigenvalue weighted by Crippen LogP contribution is -2.65. The number of rotatable bonds is 16. The van der Waals surface area contributed by atoms with E-state index in [1.807, 2.05) is 50.3 Å². The van der Waals surface area contributed by atoms with Crippen molar-refractivity contribution in [2.45, 2.75) is 197 Å². The third-order valence-corrected chi connectivity index (χ3v) is 16.9. The maximum atomic E-state index is 14.4. The van der Waals surface area contributed by atoms with Gasteiger partial charge in [-0.1, -0.05) is 68.8 Å². The van der Waals surface area contributed by atoms with E-state index < -0.39 is 146 Å². The number of aliphatic hydroxyl groups is 5. The summed E-state index contributed by atoms with van der Waals surface area (Å²) >= 11 is 1.14. The van der Waals surface area contributed by atoms with Crippen molar-refractivity contribution in [1.29, 1.82) is 0 Å². The summed E-state index contributed by atoms with van der Waals surface area (Å²) in [5, 5.41) is 60.4. The topological polar surface area (TPSA) is 277 Å². The highest BCUT2D eigenvalue weighted by Crippen LogP contribution is 2.43. The lowest BCUT2D eigenvalue weighted by atomic mass is 9.80. The van der Waals surface area contributed by atoms with Gasteiger partial charge in [0.2, 0.25) is 0 Å². The number of allylic oxidation sites excluding steroid dienone is 3. The lowest BCUT2D eigenvalue weighted by molar-refractivity contribution is -0.340. The van der Waals surface area contributed by atoms with Crippen LogP contribution in [0.5, 0.6) is 0 Å². The highest BCUT2D eigenvalue weighted by atomic mass is 32.1. The quantitative estimate of drug-likeness (QED) is 0.117. The highest BCUT2D eigenvalue weighted by molar-refractivity contribution is 7.16. The van der Waals surface area contributed by atoms with E-state index in [4.69, 9.17) is 48.4 Å². The summed E-state index contributed by atoms with van der Waals surface area (Å²) in [7, 11) is 6.45. The molecule has 6 rings (SSSR count). The second kappa shape index (κ2) is 28.3. The molecule has 3 fully saturated rings. The molecule has 2 aromatic rings.